The van der Waals surface area contributed by atoms with Crippen molar-refractivity contribution in [3.05, 3.63) is 12.7 Å². The lowest BCUT2D eigenvalue weighted by atomic mass is 10.0. The lowest BCUT2D eigenvalue weighted by Gasteiger charge is -2.25. The molecule has 0 aliphatic carbocycles. The van der Waals surface area contributed by atoms with Gasteiger partial charge in [0.25, 0.3) is 0 Å². The van der Waals surface area contributed by atoms with Crippen LogP contribution in [0.25, 0.3) is 0 Å². The van der Waals surface area contributed by atoms with Gasteiger partial charge in [-0.1, -0.05) is 38.2 Å². The number of hydrogen-bond donors (Lipinski definition) is 2. The first kappa shape index (κ1) is 22.8. The molecule has 2 rings (SSSR count). The summed E-state index contributed by atoms with van der Waals surface area (Å²) in [6.07, 6.45) is 12.5. The third kappa shape index (κ3) is 6.83. The molecule has 3 amide bonds. The number of amides is 3. The van der Waals surface area contributed by atoms with Gasteiger partial charge in [0.2, 0.25) is 5.91 Å². The number of nitrogens with one attached hydrogen (secondary N) is 1. The number of carboxylic acid groups (broad SMARTS) is 1. The first-order valence-corrected chi connectivity index (χ1v) is 11.7. The first-order valence-electron chi connectivity index (χ1n) is 10.6. The Morgan fingerprint density at radius 2 is 1.79 bits per heavy atom. The highest BCUT2D eigenvalue weighted by Gasteiger charge is 2.50. The lowest BCUT2D eigenvalue weighted by Crippen LogP contribution is -2.44. The number of carboxylic acids is 1. The summed E-state index contributed by atoms with van der Waals surface area (Å²) in [4.78, 5) is 37.2. The smallest absolute Gasteiger partial charge is 0.324 e. The number of hydrogen-bond acceptors (Lipinski definition) is 4. The number of nitrogens with zero attached hydrogens (tertiary/aromatic N) is 1. The Morgan fingerprint density at radius 1 is 1.11 bits per heavy atom. The summed E-state index contributed by atoms with van der Waals surface area (Å²) < 4.78 is 0. The fourth-order valence-electron chi connectivity index (χ4n) is 4.07. The van der Waals surface area contributed by atoms with E-state index in [0.29, 0.717) is 12.8 Å². The fourth-order valence-corrected chi connectivity index (χ4v) is 5.65. The predicted molar refractivity (Wildman–Crippen MR) is 112 cm³/mol. The zero-order valence-electron chi connectivity index (χ0n) is 16.7. The van der Waals surface area contributed by atoms with E-state index in [4.69, 9.17) is 5.11 Å². The number of imide groups is 1. The number of fused-ring (bicyclic) bond motifs is 1. The third-order valence-electron chi connectivity index (χ3n) is 5.56. The summed E-state index contributed by atoms with van der Waals surface area (Å²) in [6.45, 7) is 3.73. The molecule has 2 heterocycles. The minimum absolute atomic E-state index is 0.0378. The molecule has 2 fully saturated rings. The standard InChI is InChI=1S/C21H34N2O4S/c1-2-3-4-5-6-7-8-9-13-18(24)23-20-16(22-21(23)27)15-28-17(20)12-10-11-14-19(25)26/h2,16-17,20H,1,3-15H2,(H,22,27)(H,25,26)/t16-,17-,20-/m0/s1. The zero-order valence-corrected chi connectivity index (χ0v) is 17.6. The number of unbranched alkanes of at least 4 members (excludes halogenated alkanes) is 7. The number of aliphatic carboxylic acids is 1. The Morgan fingerprint density at radius 3 is 2.50 bits per heavy atom. The summed E-state index contributed by atoms with van der Waals surface area (Å²) >= 11 is 1.79. The van der Waals surface area contributed by atoms with Gasteiger partial charge in [0.05, 0.1) is 12.1 Å². The van der Waals surface area contributed by atoms with E-state index >= 15 is 0 Å². The summed E-state index contributed by atoms with van der Waals surface area (Å²) in [5, 5.41) is 11.9. The maximum absolute atomic E-state index is 12.7. The normalized spacial score (nSPS) is 23.5. The third-order valence-corrected chi connectivity index (χ3v) is 7.05. The van der Waals surface area contributed by atoms with Crippen LogP contribution in [0.2, 0.25) is 0 Å². The van der Waals surface area contributed by atoms with Crippen molar-refractivity contribution in [2.75, 3.05) is 5.75 Å². The average molecular weight is 411 g/mol. The minimum atomic E-state index is -0.771. The highest BCUT2D eigenvalue weighted by molar-refractivity contribution is 8.00. The number of allylic oxidation sites excluding steroid dienone is 1. The molecule has 7 heteroatoms. The van der Waals surface area contributed by atoms with Crippen molar-refractivity contribution in [3.8, 4) is 0 Å². The van der Waals surface area contributed by atoms with Crippen molar-refractivity contribution in [1.82, 2.24) is 10.2 Å². The van der Waals surface area contributed by atoms with E-state index in [1.54, 1.807) is 11.8 Å². The molecule has 6 nitrogen and oxygen atoms in total. The molecule has 0 aromatic rings. The van der Waals surface area contributed by atoms with Crippen LogP contribution in [0.1, 0.15) is 77.0 Å². The van der Waals surface area contributed by atoms with Crippen molar-refractivity contribution in [2.24, 2.45) is 0 Å². The summed E-state index contributed by atoms with van der Waals surface area (Å²) in [7, 11) is 0. The van der Waals surface area contributed by atoms with E-state index < -0.39 is 5.97 Å². The van der Waals surface area contributed by atoms with Crippen LogP contribution in [0.15, 0.2) is 12.7 Å². The summed E-state index contributed by atoms with van der Waals surface area (Å²) in [5.74, 6) is -0.00374. The van der Waals surface area contributed by atoms with Gasteiger partial charge in [-0.15, -0.1) is 6.58 Å². The molecule has 0 bridgehead atoms. The Balaban J connectivity index is 1.72. The van der Waals surface area contributed by atoms with Gasteiger partial charge in [-0.2, -0.15) is 11.8 Å². The van der Waals surface area contributed by atoms with E-state index in [1.807, 2.05) is 6.08 Å². The van der Waals surface area contributed by atoms with Crippen LogP contribution in [0.3, 0.4) is 0 Å². The quantitative estimate of drug-likeness (QED) is 0.253. The van der Waals surface area contributed by atoms with Crippen molar-refractivity contribution in [1.29, 1.82) is 0 Å². The molecular weight excluding hydrogens is 376 g/mol. The van der Waals surface area contributed by atoms with Gasteiger partial charge in [0, 0.05) is 23.8 Å². The molecule has 2 saturated heterocycles. The van der Waals surface area contributed by atoms with Gasteiger partial charge in [-0.05, 0) is 32.1 Å². The summed E-state index contributed by atoms with van der Waals surface area (Å²) in [5.41, 5.74) is 0. The van der Waals surface area contributed by atoms with Crippen LogP contribution in [0, 0.1) is 0 Å². The van der Waals surface area contributed by atoms with E-state index in [0.717, 1.165) is 44.3 Å². The second-order valence-electron chi connectivity index (χ2n) is 7.77. The molecule has 0 aromatic carbocycles. The molecule has 3 atom stereocenters. The Kier molecular flexibility index (Phi) is 9.88. The number of thioether (sulfide) groups is 1. The molecular formula is C21H34N2O4S. The SMILES string of the molecule is C=CCCCCCCCCC(=O)N1C(=O)N[C@H]2CS[C@@H](CCCCC(=O)O)[C@H]21. The molecule has 0 aromatic heterocycles. The molecule has 28 heavy (non-hydrogen) atoms. The molecule has 2 aliphatic rings. The second-order valence-corrected chi connectivity index (χ2v) is 9.04. The van der Waals surface area contributed by atoms with Crippen LogP contribution < -0.4 is 5.32 Å². The van der Waals surface area contributed by atoms with Crippen LogP contribution in [-0.2, 0) is 9.59 Å². The predicted octanol–water partition coefficient (Wildman–Crippen LogP) is 4.34. The summed E-state index contributed by atoms with van der Waals surface area (Å²) in [6, 6.07) is -0.287. The Hall–Kier alpha value is -1.50. The fraction of sp³-hybridized carbons (Fsp3) is 0.762. The largest absolute Gasteiger partial charge is 0.481 e. The topological polar surface area (TPSA) is 86.7 Å². The van der Waals surface area contributed by atoms with E-state index in [1.165, 1.54) is 24.2 Å². The molecule has 0 spiro atoms. The van der Waals surface area contributed by atoms with Gasteiger partial charge in [-0.3, -0.25) is 14.5 Å². The molecule has 0 radical (unpaired) electrons. The minimum Gasteiger partial charge on any atom is -0.481 e. The van der Waals surface area contributed by atoms with Crippen LogP contribution in [0.4, 0.5) is 4.79 Å². The molecule has 2 N–H and O–H groups in total. The second kappa shape index (κ2) is 12.1. The number of rotatable bonds is 14. The van der Waals surface area contributed by atoms with Crippen molar-refractivity contribution < 1.29 is 19.5 Å². The van der Waals surface area contributed by atoms with Crippen molar-refractivity contribution in [2.45, 2.75) is 94.4 Å². The number of carbonyl (C=O) groups excluding carboxylic acids is 2. The molecule has 0 saturated carbocycles. The maximum Gasteiger partial charge on any atom is 0.324 e. The van der Waals surface area contributed by atoms with Gasteiger partial charge >= 0.3 is 12.0 Å². The van der Waals surface area contributed by atoms with Crippen LogP contribution in [-0.4, -0.2) is 51.0 Å². The van der Waals surface area contributed by atoms with Gasteiger partial charge in [-0.25, -0.2) is 4.79 Å². The van der Waals surface area contributed by atoms with Crippen LogP contribution in [0.5, 0.6) is 0 Å². The van der Waals surface area contributed by atoms with Crippen LogP contribution >= 0.6 is 11.8 Å². The maximum atomic E-state index is 12.7. The van der Waals surface area contributed by atoms with Crippen molar-refractivity contribution >= 4 is 29.7 Å². The molecule has 2 aliphatic heterocycles. The van der Waals surface area contributed by atoms with Crippen molar-refractivity contribution in [3.63, 3.8) is 0 Å². The molecule has 158 valence electrons. The average Bonchev–Trinajstić information content (AvgIpc) is 3.18. The number of carbonyl (C=O) groups is 3. The van der Waals surface area contributed by atoms with Gasteiger partial charge in [0.15, 0.2) is 0 Å². The number of urea groups is 1. The van der Waals surface area contributed by atoms with E-state index in [-0.39, 0.29) is 35.7 Å². The highest BCUT2D eigenvalue weighted by atomic mass is 32.2. The van der Waals surface area contributed by atoms with E-state index in [9.17, 15) is 14.4 Å². The lowest BCUT2D eigenvalue weighted by molar-refractivity contribution is -0.137. The van der Waals surface area contributed by atoms with Gasteiger partial charge < -0.3 is 10.4 Å². The first-order chi connectivity index (χ1) is 13.5. The Labute approximate surface area is 172 Å². The molecule has 0 unspecified atom stereocenters. The highest BCUT2D eigenvalue weighted by Crippen LogP contribution is 2.38. The van der Waals surface area contributed by atoms with E-state index in [2.05, 4.69) is 11.9 Å². The van der Waals surface area contributed by atoms with Gasteiger partial charge in [0.1, 0.15) is 0 Å². The zero-order chi connectivity index (χ0) is 20.4. The monoisotopic (exact) mass is 410 g/mol. The Bertz CT molecular complexity index is 555.